The molecule has 1 aromatic carbocycles. The van der Waals surface area contributed by atoms with Crippen LogP contribution in [0.5, 0.6) is 0 Å². The van der Waals surface area contributed by atoms with Crippen LogP contribution < -0.4 is 5.32 Å². The average Bonchev–Trinajstić information content (AvgIpc) is 2.46. The largest absolute Gasteiger partial charge is 0.309 e. The number of likely N-dealkylation sites (N-methyl/N-ethyl adjacent to an activating group) is 2. The zero-order valence-electron chi connectivity index (χ0n) is 13.9. The predicted molar refractivity (Wildman–Crippen MR) is 89.0 cm³/mol. The first-order chi connectivity index (χ1) is 9.63. The lowest BCUT2D eigenvalue weighted by atomic mass is 9.95. The summed E-state index contributed by atoms with van der Waals surface area (Å²) in [5, 5.41) is 3.70. The van der Waals surface area contributed by atoms with Gasteiger partial charge in [0.25, 0.3) is 0 Å². The highest BCUT2D eigenvalue weighted by atomic mass is 15.2. The van der Waals surface area contributed by atoms with Crippen LogP contribution in [0, 0.1) is 5.92 Å². The quantitative estimate of drug-likeness (QED) is 0.730. The predicted octanol–water partition coefficient (Wildman–Crippen LogP) is 4.09. The molecule has 0 bridgehead atoms. The Morgan fingerprint density at radius 3 is 2.15 bits per heavy atom. The molecule has 0 heterocycles. The molecule has 2 nitrogen and oxygen atoms in total. The first kappa shape index (κ1) is 17.2. The van der Waals surface area contributed by atoms with Gasteiger partial charge in [-0.2, -0.15) is 0 Å². The molecule has 2 heteroatoms. The SMILES string of the molecule is CCNC(c1ccccc1)C(CC)N(CC)CC(C)C. The van der Waals surface area contributed by atoms with Crippen molar-refractivity contribution in [3.8, 4) is 0 Å². The Bertz CT molecular complexity index is 348. The Kier molecular flexibility index (Phi) is 7.86. The highest BCUT2D eigenvalue weighted by molar-refractivity contribution is 5.20. The Balaban J connectivity index is 2.96. The minimum atomic E-state index is 0.421. The van der Waals surface area contributed by atoms with E-state index in [2.05, 4.69) is 75.2 Å². The third-order valence-corrected chi connectivity index (χ3v) is 3.86. The summed E-state index contributed by atoms with van der Waals surface area (Å²) in [6.45, 7) is 14.7. The highest BCUT2D eigenvalue weighted by Gasteiger charge is 2.26. The summed E-state index contributed by atoms with van der Waals surface area (Å²) in [5.74, 6) is 0.710. The summed E-state index contributed by atoms with van der Waals surface area (Å²) < 4.78 is 0. The van der Waals surface area contributed by atoms with Crippen molar-refractivity contribution >= 4 is 0 Å². The van der Waals surface area contributed by atoms with Gasteiger partial charge in [-0.05, 0) is 31.0 Å². The van der Waals surface area contributed by atoms with Crippen molar-refractivity contribution in [2.75, 3.05) is 19.6 Å². The van der Waals surface area contributed by atoms with Gasteiger partial charge in [-0.3, -0.25) is 4.90 Å². The van der Waals surface area contributed by atoms with Crippen LogP contribution in [0.1, 0.15) is 52.6 Å². The molecule has 0 saturated heterocycles. The van der Waals surface area contributed by atoms with E-state index in [1.54, 1.807) is 0 Å². The molecule has 0 aromatic heterocycles. The fourth-order valence-corrected chi connectivity index (χ4v) is 3.03. The number of benzene rings is 1. The normalized spacial score (nSPS) is 14.8. The topological polar surface area (TPSA) is 15.3 Å². The summed E-state index contributed by atoms with van der Waals surface area (Å²) >= 11 is 0. The van der Waals surface area contributed by atoms with E-state index in [0.29, 0.717) is 18.0 Å². The van der Waals surface area contributed by atoms with Crippen molar-refractivity contribution in [3.05, 3.63) is 35.9 Å². The van der Waals surface area contributed by atoms with Crippen molar-refractivity contribution in [2.45, 2.75) is 53.1 Å². The number of nitrogens with one attached hydrogen (secondary N) is 1. The number of hydrogen-bond acceptors (Lipinski definition) is 2. The Morgan fingerprint density at radius 1 is 1.05 bits per heavy atom. The minimum Gasteiger partial charge on any atom is -0.309 e. The molecule has 0 aliphatic carbocycles. The van der Waals surface area contributed by atoms with E-state index < -0.39 is 0 Å². The second-order valence-electron chi connectivity index (χ2n) is 5.90. The molecule has 0 amide bonds. The average molecular weight is 276 g/mol. The third kappa shape index (κ3) is 4.92. The van der Waals surface area contributed by atoms with Gasteiger partial charge in [-0.1, -0.05) is 65.0 Å². The molecule has 0 spiro atoms. The zero-order chi connectivity index (χ0) is 15.0. The molecule has 20 heavy (non-hydrogen) atoms. The fourth-order valence-electron chi connectivity index (χ4n) is 3.03. The van der Waals surface area contributed by atoms with Crippen molar-refractivity contribution in [2.24, 2.45) is 5.92 Å². The first-order valence-corrected chi connectivity index (χ1v) is 8.16. The van der Waals surface area contributed by atoms with Crippen LogP contribution in [0.25, 0.3) is 0 Å². The maximum absolute atomic E-state index is 3.70. The van der Waals surface area contributed by atoms with Gasteiger partial charge in [0.15, 0.2) is 0 Å². The van der Waals surface area contributed by atoms with Crippen LogP contribution in [0.4, 0.5) is 0 Å². The van der Waals surface area contributed by atoms with E-state index in [4.69, 9.17) is 0 Å². The van der Waals surface area contributed by atoms with Gasteiger partial charge < -0.3 is 5.32 Å². The van der Waals surface area contributed by atoms with Crippen LogP contribution in [0.2, 0.25) is 0 Å². The number of rotatable bonds is 9. The van der Waals surface area contributed by atoms with Gasteiger partial charge in [0.05, 0.1) is 0 Å². The van der Waals surface area contributed by atoms with Gasteiger partial charge in [0, 0.05) is 18.6 Å². The first-order valence-electron chi connectivity index (χ1n) is 8.16. The number of nitrogens with zero attached hydrogens (tertiary/aromatic N) is 1. The molecule has 0 fully saturated rings. The van der Waals surface area contributed by atoms with Gasteiger partial charge in [0.2, 0.25) is 0 Å². The molecule has 1 aromatic rings. The van der Waals surface area contributed by atoms with Gasteiger partial charge in [-0.15, -0.1) is 0 Å². The molecule has 2 atom stereocenters. The Labute approximate surface area is 125 Å². The molecule has 114 valence electrons. The standard InChI is InChI=1S/C18H32N2/c1-6-17(20(8-3)14-15(4)5)18(19-7-2)16-12-10-9-11-13-16/h9-13,15,17-19H,6-8,14H2,1-5H3. The van der Waals surface area contributed by atoms with Crippen LogP contribution in [-0.4, -0.2) is 30.6 Å². The summed E-state index contributed by atoms with van der Waals surface area (Å²) in [7, 11) is 0. The minimum absolute atomic E-state index is 0.421. The lowest BCUT2D eigenvalue weighted by Gasteiger charge is -2.37. The van der Waals surface area contributed by atoms with Gasteiger partial charge >= 0.3 is 0 Å². The van der Waals surface area contributed by atoms with E-state index in [-0.39, 0.29) is 0 Å². The van der Waals surface area contributed by atoms with Gasteiger partial charge in [-0.25, -0.2) is 0 Å². The summed E-state index contributed by atoms with van der Waals surface area (Å²) in [6, 6.07) is 11.9. The molecule has 0 radical (unpaired) electrons. The van der Waals surface area contributed by atoms with Crippen molar-refractivity contribution in [1.29, 1.82) is 0 Å². The van der Waals surface area contributed by atoms with Crippen molar-refractivity contribution < 1.29 is 0 Å². The van der Waals surface area contributed by atoms with Crippen LogP contribution in [0.3, 0.4) is 0 Å². The highest BCUT2D eigenvalue weighted by Crippen LogP contribution is 2.24. The molecule has 1 rings (SSSR count). The van der Waals surface area contributed by atoms with Gasteiger partial charge in [0.1, 0.15) is 0 Å². The summed E-state index contributed by atoms with van der Waals surface area (Å²) in [5.41, 5.74) is 1.41. The van der Waals surface area contributed by atoms with Crippen LogP contribution in [0.15, 0.2) is 30.3 Å². The second kappa shape index (κ2) is 9.15. The van der Waals surface area contributed by atoms with E-state index in [1.165, 1.54) is 18.5 Å². The Hall–Kier alpha value is -0.860. The van der Waals surface area contributed by atoms with Crippen LogP contribution >= 0.6 is 0 Å². The zero-order valence-corrected chi connectivity index (χ0v) is 13.9. The van der Waals surface area contributed by atoms with E-state index in [0.717, 1.165) is 13.1 Å². The Morgan fingerprint density at radius 2 is 1.70 bits per heavy atom. The van der Waals surface area contributed by atoms with E-state index in [9.17, 15) is 0 Å². The van der Waals surface area contributed by atoms with Crippen molar-refractivity contribution in [1.82, 2.24) is 10.2 Å². The molecular weight excluding hydrogens is 244 g/mol. The molecule has 1 N–H and O–H groups in total. The van der Waals surface area contributed by atoms with Crippen molar-refractivity contribution in [3.63, 3.8) is 0 Å². The fraction of sp³-hybridized carbons (Fsp3) is 0.667. The molecule has 0 aliphatic heterocycles. The second-order valence-corrected chi connectivity index (χ2v) is 5.90. The third-order valence-electron chi connectivity index (χ3n) is 3.86. The van der Waals surface area contributed by atoms with Crippen LogP contribution in [-0.2, 0) is 0 Å². The smallest absolute Gasteiger partial charge is 0.0477 e. The molecule has 2 unspecified atom stereocenters. The summed E-state index contributed by atoms with van der Waals surface area (Å²) in [6.07, 6.45) is 1.17. The monoisotopic (exact) mass is 276 g/mol. The maximum Gasteiger partial charge on any atom is 0.0477 e. The van der Waals surface area contributed by atoms with E-state index in [1.807, 2.05) is 0 Å². The summed E-state index contributed by atoms with van der Waals surface area (Å²) in [4.78, 5) is 2.63. The lowest BCUT2D eigenvalue weighted by molar-refractivity contribution is 0.143. The maximum atomic E-state index is 3.70. The molecular formula is C18H32N2. The van der Waals surface area contributed by atoms with E-state index >= 15 is 0 Å². The molecule has 0 aliphatic rings. The number of hydrogen-bond donors (Lipinski definition) is 1. The molecule has 0 saturated carbocycles. The lowest BCUT2D eigenvalue weighted by Crippen LogP contribution is -2.45.